The van der Waals surface area contributed by atoms with Gasteiger partial charge in [-0.15, -0.1) is 0 Å². The lowest BCUT2D eigenvalue weighted by molar-refractivity contribution is -0.134. The first kappa shape index (κ1) is 17.0. The molecule has 7 nitrogen and oxygen atoms in total. The van der Waals surface area contributed by atoms with E-state index in [1.165, 1.54) is 0 Å². The molecule has 1 atom stereocenters. The number of aryl methyl sites for hydroxylation is 1. The van der Waals surface area contributed by atoms with Crippen molar-refractivity contribution in [2.45, 2.75) is 32.9 Å². The van der Waals surface area contributed by atoms with Crippen LogP contribution >= 0.6 is 0 Å². The molecule has 0 aliphatic carbocycles. The van der Waals surface area contributed by atoms with Gasteiger partial charge in [-0.2, -0.15) is 0 Å². The Morgan fingerprint density at radius 3 is 2.73 bits per heavy atom. The number of carbonyl (C=O) groups is 1. The zero-order valence-electron chi connectivity index (χ0n) is 13.3. The number of methoxy groups -OCH3 is 1. The van der Waals surface area contributed by atoms with Crippen LogP contribution in [0.4, 0.5) is 0 Å². The summed E-state index contributed by atoms with van der Waals surface area (Å²) in [4.78, 5) is 18.4. The van der Waals surface area contributed by atoms with Crippen molar-refractivity contribution in [1.29, 1.82) is 0 Å². The van der Waals surface area contributed by atoms with Gasteiger partial charge in [-0.3, -0.25) is 4.79 Å². The van der Waals surface area contributed by atoms with Crippen molar-refractivity contribution in [3.8, 4) is 0 Å². The zero-order chi connectivity index (χ0) is 16.3. The molecule has 0 N–H and O–H groups in total. The van der Waals surface area contributed by atoms with Crippen LogP contribution < -0.4 is 0 Å². The van der Waals surface area contributed by atoms with Crippen LogP contribution in [0.15, 0.2) is 6.33 Å². The Kier molecular flexibility index (Phi) is 5.23. The molecule has 1 aliphatic heterocycles. The fourth-order valence-electron chi connectivity index (χ4n) is 2.66. The van der Waals surface area contributed by atoms with E-state index in [2.05, 4.69) is 4.98 Å². The van der Waals surface area contributed by atoms with Crippen molar-refractivity contribution in [2.24, 2.45) is 0 Å². The summed E-state index contributed by atoms with van der Waals surface area (Å²) in [6.45, 7) is 4.77. The first-order valence-electron chi connectivity index (χ1n) is 7.31. The average Bonchev–Trinajstić information content (AvgIpc) is 2.96. The predicted molar refractivity (Wildman–Crippen MR) is 82.3 cm³/mol. The maximum absolute atomic E-state index is 12.6. The van der Waals surface area contributed by atoms with E-state index in [0.717, 1.165) is 11.4 Å². The normalized spacial score (nSPS) is 20.2. The number of nitrogens with zero attached hydrogens (tertiary/aromatic N) is 3. The molecule has 0 bridgehead atoms. The number of rotatable bonds is 6. The molecule has 0 saturated carbocycles. The summed E-state index contributed by atoms with van der Waals surface area (Å²) in [7, 11) is -1.46. The Bertz CT molecular complexity index is 639. The van der Waals surface area contributed by atoms with Gasteiger partial charge in [0.2, 0.25) is 5.91 Å². The summed E-state index contributed by atoms with van der Waals surface area (Å²) in [6.07, 6.45) is 2.14. The van der Waals surface area contributed by atoms with E-state index in [4.69, 9.17) is 4.74 Å². The van der Waals surface area contributed by atoms with Gasteiger partial charge in [-0.05, 0) is 20.3 Å². The van der Waals surface area contributed by atoms with Crippen LogP contribution in [-0.4, -0.2) is 66.6 Å². The molecular formula is C14H23N3O4S. The fourth-order valence-corrected chi connectivity index (χ4v) is 4.39. The van der Waals surface area contributed by atoms with Crippen LogP contribution in [0.1, 0.15) is 17.8 Å². The van der Waals surface area contributed by atoms with Gasteiger partial charge in [0.1, 0.15) is 6.54 Å². The van der Waals surface area contributed by atoms with Crippen molar-refractivity contribution in [2.75, 3.05) is 31.8 Å². The molecule has 1 amide bonds. The minimum atomic E-state index is -3.03. The lowest BCUT2D eigenvalue weighted by Gasteiger charge is -2.28. The summed E-state index contributed by atoms with van der Waals surface area (Å²) in [5.74, 6) is 0.0989. The van der Waals surface area contributed by atoms with Gasteiger partial charge in [0.15, 0.2) is 9.84 Å². The van der Waals surface area contributed by atoms with Crippen molar-refractivity contribution in [3.05, 3.63) is 17.7 Å². The van der Waals surface area contributed by atoms with Crippen molar-refractivity contribution in [1.82, 2.24) is 14.5 Å². The molecule has 0 unspecified atom stereocenters. The summed E-state index contributed by atoms with van der Waals surface area (Å²) in [5.41, 5.74) is 1.83. The number of imidazole rings is 1. The Labute approximate surface area is 131 Å². The third-order valence-corrected chi connectivity index (χ3v) is 5.91. The second-order valence-corrected chi connectivity index (χ2v) is 7.91. The van der Waals surface area contributed by atoms with E-state index in [0.29, 0.717) is 19.6 Å². The Balaban J connectivity index is 2.11. The Morgan fingerprint density at radius 2 is 2.23 bits per heavy atom. The van der Waals surface area contributed by atoms with Gasteiger partial charge >= 0.3 is 0 Å². The quantitative estimate of drug-likeness (QED) is 0.743. The fraction of sp³-hybridized carbons (Fsp3) is 0.714. The minimum Gasteiger partial charge on any atom is -0.383 e. The molecule has 2 rings (SSSR count). The summed E-state index contributed by atoms with van der Waals surface area (Å²) in [6, 6.07) is -0.252. The van der Waals surface area contributed by atoms with Crippen molar-refractivity contribution in [3.63, 3.8) is 0 Å². The maximum atomic E-state index is 12.6. The molecule has 0 spiro atoms. The topological polar surface area (TPSA) is 81.5 Å². The highest BCUT2D eigenvalue weighted by molar-refractivity contribution is 7.91. The van der Waals surface area contributed by atoms with E-state index in [9.17, 15) is 13.2 Å². The molecule has 124 valence electrons. The maximum Gasteiger partial charge on any atom is 0.242 e. The summed E-state index contributed by atoms with van der Waals surface area (Å²) in [5, 5.41) is 0. The first-order valence-corrected chi connectivity index (χ1v) is 9.13. The third kappa shape index (κ3) is 3.86. The number of hydrogen-bond acceptors (Lipinski definition) is 5. The van der Waals surface area contributed by atoms with Crippen LogP contribution in [-0.2, 0) is 25.9 Å². The van der Waals surface area contributed by atoms with Crippen LogP contribution in [0.25, 0.3) is 0 Å². The lowest BCUT2D eigenvalue weighted by atomic mass is 10.2. The van der Waals surface area contributed by atoms with E-state index >= 15 is 0 Å². The van der Waals surface area contributed by atoms with Gasteiger partial charge in [-0.1, -0.05) is 0 Å². The van der Waals surface area contributed by atoms with Gasteiger partial charge in [0.05, 0.1) is 30.1 Å². The monoisotopic (exact) mass is 329 g/mol. The zero-order valence-corrected chi connectivity index (χ0v) is 14.1. The molecule has 22 heavy (non-hydrogen) atoms. The Hall–Kier alpha value is -1.41. The molecule has 1 aromatic rings. The van der Waals surface area contributed by atoms with Gasteiger partial charge < -0.3 is 14.2 Å². The predicted octanol–water partition coefficient (Wildman–Crippen LogP) is 0.162. The van der Waals surface area contributed by atoms with Crippen LogP contribution in [0, 0.1) is 13.8 Å². The molecule has 1 aromatic heterocycles. The second-order valence-electron chi connectivity index (χ2n) is 5.68. The SMILES string of the molecule is COCCN(C(=O)Cn1cnc(C)c1C)[C@@H]1CCS(=O)(=O)C1. The number of hydrogen-bond donors (Lipinski definition) is 0. The van der Waals surface area contributed by atoms with Gasteiger partial charge in [0, 0.05) is 25.4 Å². The van der Waals surface area contributed by atoms with Crippen molar-refractivity contribution < 1.29 is 17.9 Å². The highest BCUT2D eigenvalue weighted by Crippen LogP contribution is 2.18. The molecule has 1 aliphatic rings. The molecule has 8 heteroatoms. The van der Waals surface area contributed by atoms with E-state index in [1.807, 2.05) is 13.8 Å². The Morgan fingerprint density at radius 1 is 1.50 bits per heavy atom. The average molecular weight is 329 g/mol. The number of aromatic nitrogens is 2. The third-order valence-electron chi connectivity index (χ3n) is 4.16. The van der Waals surface area contributed by atoms with Crippen LogP contribution in [0.2, 0.25) is 0 Å². The number of ether oxygens (including phenoxy) is 1. The second kappa shape index (κ2) is 6.78. The number of amides is 1. The number of sulfone groups is 1. The molecule has 1 saturated heterocycles. The standard InChI is InChI=1S/C14H23N3O4S/c1-11-12(2)16(10-15-11)8-14(18)17(5-6-21-3)13-4-7-22(19,20)9-13/h10,13H,4-9H2,1-3H3/t13-/m1/s1. The summed E-state index contributed by atoms with van der Waals surface area (Å²) >= 11 is 0. The van der Waals surface area contributed by atoms with E-state index < -0.39 is 9.84 Å². The number of carbonyl (C=O) groups excluding carboxylic acids is 1. The molecule has 0 radical (unpaired) electrons. The molecule has 1 fully saturated rings. The lowest BCUT2D eigenvalue weighted by Crippen LogP contribution is -2.44. The van der Waals surface area contributed by atoms with E-state index in [1.54, 1.807) is 22.9 Å². The van der Waals surface area contributed by atoms with Gasteiger partial charge in [-0.25, -0.2) is 13.4 Å². The molecule has 0 aromatic carbocycles. The molecular weight excluding hydrogens is 306 g/mol. The highest BCUT2D eigenvalue weighted by Gasteiger charge is 2.34. The summed E-state index contributed by atoms with van der Waals surface area (Å²) < 4.78 is 30.2. The molecule has 2 heterocycles. The van der Waals surface area contributed by atoms with Crippen molar-refractivity contribution >= 4 is 15.7 Å². The largest absolute Gasteiger partial charge is 0.383 e. The van der Waals surface area contributed by atoms with Crippen LogP contribution in [0.3, 0.4) is 0 Å². The first-order chi connectivity index (χ1) is 10.3. The minimum absolute atomic E-state index is 0.0460. The van der Waals surface area contributed by atoms with Gasteiger partial charge in [0.25, 0.3) is 0 Å². The highest BCUT2D eigenvalue weighted by atomic mass is 32.2. The smallest absolute Gasteiger partial charge is 0.242 e. The van der Waals surface area contributed by atoms with Crippen LogP contribution in [0.5, 0.6) is 0 Å². The van der Waals surface area contributed by atoms with E-state index in [-0.39, 0.29) is 30.0 Å².